The molecule has 1 aliphatic heterocycles. The Hall–Kier alpha value is -4.51. The highest BCUT2D eigenvalue weighted by atomic mass is 32.1. The van der Waals surface area contributed by atoms with Crippen LogP contribution in [0.2, 0.25) is 0 Å². The second-order valence-electron chi connectivity index (χ2n) is 9.40. The molecule has 5 rings (SSSR count). The van der Waals surface area contributed by atoms with Gasteiger partial charge in [0.05, 0.1) is 41.1 Å². The number of amides is 2. The van der Waals surface area contributed by atoms with Gasteiger partial charge in [0, 0.05) is 12.1 Å². The SMILES string of the molecule is CCCN1C(=O)COc2ccc(C(=O)C(C)n3cnc4sc(C(=O)Nc5ccccc5OC)c(C)c4c3=O)cc21. The van der Waals surface area contributed by atoms with Gasteiger partial charge in [-0.3, -0.25) is 23.7 Å². The molecule has 0 saturated heterocycles. The highest BCUT2D eigenvalue weighted by Gasteiger charge is 2.28. The van der Waals surface area contributed by atoms with Crippen LogP contribution in [0.3, 0.4) is 0 Å². The van der Waals surface area contributed by atoms with Gasteiger partial charge in [0.1, 0.15) is 16.3 Å². The molecule has 0 spiro atoms. The summed E-state index contributed by atoms with van der Waals surface area (Å²) in [7, 11) is 1.52. The molecule has 4 aromatic rings. The summed E-state index contributed by atoms with van der Waals surface area (Å²) in [5.74, 6) is 0.171. The van der Waals surface area contributed by atoms with Crippen molar-refractivity contribution in [1.29, 1.82) is 0 Å². The summed E-state index contributed by atoms with van der Waals surface area (Å²) in [5.41, 5.74) is 1.46. The summed E-state index contributed by atoms with van der Waals surface area (Å²) in [5, 5.41) is 3.12. The molecule has 1 aliphatic rings. The number of rotatable bonds is 8. The van der Waals surface area contributed by atoms with Crippen molar-refractivity contribution >= 4 is 50.5 Å². The highest BCUT2D eigenvalue weighted by molar-refractivity contribution is 7.20. The maximum absolute atomic E-state index is 13.6. The molecule has 10 nitrogen and oxygen atoms in total. The van der Waals surface area contributed by atoms with Gasteiger partial charge >= 0.3 is 0 Å². The third-order valence-electron chi connectivity index (χ3n) is 6.87. The van der Waals surface area contributed by atoms with Gasteiger partial charge in [-0.1, -0.05) is 19.1 Å². The highest BCUT2D eigenvalue weighted by Crippen LogP contribution is 2.34. The largest absolute Gasteiger partial charge is 0.495 e. The Morgan fingerprint density at radius 2 is 1.98 bits per heavy atom. The molecule has 2 amide bonds. The molecule has 1 unspecified atom stereocenters. The number of fused-ring (bicyclic) bond motifs is 2. The number of hydrogen-bond donors (Lipinski definition) is 1. The molecule has 11 heteroatoms. The fourth-order valence-corrected chi connectivity index (χ4v) is 5.78. The molecular weight excluding hydrogens is 532 g/mol. The van der Waals surface area contributed by atoms with Crippen LogP contribution in [0, 0.1) is 6.92 Å². The molecule has 3 heterocycles. The molecule has 0 saturated carbocycles. The number of para-hydroxylation sites is 2. The van der Waals surface area contributed by atoms with Crippen LogP contribution in [0.5, 0.6) is 11.5 Å². The zero-order valence-electron chi connectivity index (χ0n) is 22.5. The van der Waals surface area contributed by atoms with E-state index in [4.69, 9.17) is 9.47 Å². The van der Waals surface area contributed by atoms with Gasteiger partial charge in [0.2, 0.25) is 0 Å². The third kappa shape index (κ3) is 4.73. The summed E-state index contributed by atoms with van der Waals surface area (Å²) in [6, 6.07) is 11.1. The van der Waals surface area contributed by atoms with Gasteiger partial charge in [-0.15, -0.1) is 11.3 Å². The zero-order chi connectivity index (χ0) is 28.6. The number of anilines is 2. The minimum Gasteiger partial charge on any atom is -0.495 e. The van der Waals surface area contributed by atoms with Gasteiger partial charge in [-0.25, -0.2) is 4.98 Å². The van der Waals surface area contributed by atoms with Crippen LogP contribution >= 0.6 is 11.3 Å². The molecule has 206 valence electrons. The molecule has 1 atom stereocenters. The molecule has 2 aromatic heterocycles. The number of ketones is 1. The van der Waals surface area contributed by atoms with Gasteiger partial charge in [-0.2, -0.15) is 0 Å². The van der Waals surface area contributed by atoms with E-state index in [0.717, 1.165) is 17.8 Å². The monoisotopic (exact) mass is 560 g/mol. The number of thiophene rings is 1. The van der Waals surface area contributed by atoms with E-state index in [-0.39, 0.29) is 29.6 Å². The Morgan fingerprint density at radius 1 is 1.20 bits per heavy atom. The minimum absolute atomic E-state index is 0.0450. The van der Waals surface area contributed by atoms with Crippen LogP contribution in [0.1, 0.15) is 51.9 Å². The number of aryl methyl sites for hydroxylation is 1. The number of ether oxygens (including phenoxy) is 2. The second-order valence-corrected chi connectivity index (χ2v) is 10.4. The number of benzene rings is 2. The van der Waals surface area contributed by atoms with Crippen molar-refractivity contribution in [3.63, 3.8) is 0 Å². The van der Waals surface area contributed by atoms with Gasteiger partial charge < -0.3 is 19.7 Å². The Labute approximate surface area is 234 Å². The predicted molar refractivity (Wildman–Crippen MR) is 153 cm³/mol. The lowest BCUT2D eigenvalue weighted by Crippen LogP contribution is -2.39. The first-order valence-corrected chi connectivity index (χ1v) is 13.6. The van der Waals surface area contributed by atoms with Crippen LogP contribution in [0.25, 0.3) is 10.2 Å². The third-order valence-corrected chi connectivity index (χ3v) is 8.07. The predicted octanol–water partition coefficient (Wildman–Crippen LogP) is 4.61. The number of nitrogens with zero attached hydrogens (tertiary/aromatic N) is 3. The Balaban J connectivity index is 1.46. The lowest BCUT2D eigenvalue weighted by atomic mass is 10.0. The first-order chi connectivity index (χ1) is 19.2. The van der Waals surface area contributed by atoms with E-state index < -0.39 is 11.6 Å². The summed E-state index contributed by atoms with van der Waals surface area (Å²) < 4.78 is 12.1. The van der Waals surface area contributed by atoms with E-state index >= 15 is 0 Å². The van der Waals surface area contributed by atoms with Crippen molar-refractivity contribution in [2.45, 2.75) is 33.2 Å². The number of carbonyl (C=O) groups excluding carboxylic acids is 3. The van der Waals surface area contributed by atoms with E-state index in [2.05, 4.69) is 10.3 Å². The normalized spacial score (nSPS) is 13.5. The van der Waals surface area contributed by atoms with Gasteiger partial charge in [0.15, 0.2) is 12.4 Å². The summed E-state index contributed by atoms with van der Waals surface area (Å²) in [4.78, 5) is 59.4. The molecule has 1 N–H and O–H groups in total. The van der Waals surface area contributed by atoms with Crippen molar-refractivity contribution in [2.24, 2.45) is 0 Å². The van der Waals surface area contributed by atoms with Gasteiger partial charge in [-0.05, 0) is 56.2 Å². The van der Waals surface area contributed by atoms with E-state index in [1.807, 2.05) is 6.92 Å². The van der Waals surface area contributed by atoms with Crippen LogP contribution in [-0.4, -0.2) is 47.4 Å². The minimum atomic E-state index is -0.882. The Bertz CT molecular complexity index is 1710. The summed E-state index contributed by atoms with van der Waals surface area (Å²) in [6.45, 7) is 5.75. The molecule has 0 fully saturated rings. The lowest BCUT2D eigenvalue weighted by molar-refractivity contribution is -0.121. The Morgan fingerprint density at radius 3 is 2.73 bits per heavy atom. The van der Waals surface area contributed by atoms with Crippen LogP contribution < -0.4 is 25.2 Å². The summed E-state index contributed by atoms with van der Waals surface area (Å²) in [6.07, 6.45) is 2.08. The Kier molecular flexibility index (Phi) is 7.40. The molecule has 40 heavy (non-hydrogen) atoms. The first-order valence-electron chi connectivity index (χ1n) is 12.8. The molecule has 2 aromatic carbocycles. The quantitative estimate of drug-likeness (QED) is 0.313. The first kappa shape index (κ1) is 27.1. The molecule has 0 aliphatic carbocycles. The van der Waals surface area contributed by atoms with Crippen molar-refractivity contribution in [2.75, 3.05) is 30.5 Å². The van der Waals surface area contributed by atoms with E-state index in [1.165, 1.54) is 18.0 Å². The van der Waals surface area contributed by atoms with E-state index in [1.54, 1.807) is 61.2 Å². The number of carbonyl (C=O) groups is 3. The van der Waals surface area contributed by atoms with Gasteiger partial charge in [0.25, 0.3) is 17.4 Å². The number of methoxy groups -OCH3 is 1. The zero-order valence-corrected chi connectivity index (χ0v) is 23.3. The standard InChI is InChI=1S/C29H28N4O6S/c1-5-12-32-20-13-18(10-11-22(20)39-14-23(32)34)25(35)17(3)33-15-30-28-24(29(33)37)16(2)26(40-28)27(36)31-19-8-6-7-9-21(19)38-4/h6-11,13,15,17H,5,12,14H2,1-4H3,(H,31,36). The molecule has 0 radical (unpaired) electrons. The molecular formula is C29H28N4O6S. The average Bonchev–Trinajstić information content (AvgIpc) is 3.31. The van der Waals surface area contributed by atoms with E-state index in [0.29, 0.717) is 50.3 Å². The van der Waals surface area contributed by atoms with E-state index in [9.17, 15) is 19.2 Å². The smallest absolute Gasteiger partial charge is 0.266 e. The van der Waals surface area contributed by atoms with Crippen molar-refractivity contribution in [1.82, 2.24) is 9.55 Å². The van der Waals surface area contributed by atoms with Crippen molar-refractivity contribution < 1.29 is 23.9 Å². The van der Waals surface area contributed by atoms with Crippen molar-refractivity contribution in [3.05, 3.63) is 75.1 Å². The van der Waals surface area contributed by atoms with Crippen LogP contribution in [0.4, 0.5) is 11.4 Å². The molecule has 0 bridgehead atoms. The summed E-state index contributed by atoms with van der Waals surface area (Å²) >= 11 is 1.11. The number of Topliss-reactive ketones (excluding diaryl/α,β-unsaturated/α-hetero) is 1. The van der Waals surface area contributed by atoms with Crippen LogP contribution in [0.15, 0.2) is 53.6 Å². The number of aromatic nitrogens is 2. The average molecular weight is 561 g/mol. The van der Waals surface area contributed by atoms with Crippen LogP contribution in [-0.2, 0) is 4.79 Å². The topological polar surface area (TPSA) is 120 Å². The fourth-order valence-electron chi connectivity index (χ4n) is 4.75. The maximum Gasteiger partial charge on any atom is 0.266 e. The lowest BCUT2D eigenvalue weighted by Gasteiger charge is -2.29. The maximum atomic E-state index is 13.6. The van der Waals surface area contributed by atoms with Crippen molar-refractivity contribution in [3.8, 4) is 11.5 Å². The number of hydrogen-bond acceptors (Lipinski definition) is 8. The number of nitrogens with one attached hydrogen (secondary N) is 1. The fraction of sp³-hybridized carbons (Fsp3) is 0.276. The second kappa shape index (κ2) is 10.9.